The van der Waals surface area contributed by atoms with E-state index in [2.05, 4.69) is 25.3 Å². The summed E-state index contributed by atoms with van der Waals surface area (Å²) in [6, 6.07) is 5.31. The molecule has 0 fully saturated rings. The number of benzene rings is 1. The van der Waals surface area contributed by atoms with Gasteiger partial charge in [-0.2, -0.15) is 0 Å². The zero-order valence-corrected chi connectivity index (χ0v) is 17.2. The van der Waals surface area contributed by atoms with Crippen LogP contribution in [0.25, 0.3) is 20.9 Å². The molecule has 148 valence electrons. The maximum Gasteiger partial charge on any atom is 0.248 e. The van der Waals surface area contributed by atoms with Crippen molar-refractivity contribution in [3.8, 4) is 10.7 Å². The van der Waals surface area contributed by atoms with E-state index in [1.165, 1.54) is 22.7 Å². The van der Waals surface area contributed by atoms with Crippen LogP contribution < -0.4 is 5.32 Å². The van der Waals surface area contributed by atoms with Gasteiger partial charge in [0.05, 0.1) is 34.3 Å². The first-order valence-corrected chi connectivity index (χ1v) is 11.1. The molecule has 4 aromatic rings. The van der Waals surface area contributed by atoms with E-state index >= 15 is 0 Å². The normalized spacial score (nSPS) is 11.3. The summed E-state index contributed by atoms with van der Waals surface area (Å²) in [4.78, 5) is 29.3. The minimum atomic E-state index is -2.37. The Morgan fingerprint density at radius 1 is 1.24 bits per heavy atom. The predicted octanol–water partition coefficient (Wildman–Crippen LogP) is 4.75. The first kappa shape index (κ1) is 19.8. The Morgan fingerprint density at radius 2 is 2.14 bits per heavy atom. The van der Waals surface area contributed by atoms with Gasteiger partial charge in [0.15, 0.2) is 4.34 Å². The molecule has 0 spiro atoms. The molecule has 29 heavy (non-hydrogen) atoms. The van der Waals surface area contributed by atoms with E-state index in [-0.39, 0.29) is 18.1 Å². The number of fused-ring (bicyclic) bond motifs is 1. The first-order valence-electron chi connectivity index (χ1n) is 8.39. The van der Waals surface area contributed by atoms with Crippen LogP contribution in [0, 0.1) is 0 Å². The van der Waals surface area contributed by atoms with Crippen LogP contribution in [0.3, 0.4) is 0 Å². The SMILES string of the molecule is O=C(Cc1csc(-c2cnccn2)n1)Nc1ccc2nc(SCC(F)F)sc2c1. The van der Waals surface area contributed by atoms with Crippen LogP contribution in [0.1, 0.15) is 5.69 Å². The molecule has 0 saturated carbocycles. The predicted molar refractivity (Wildman–Crippen MR) is 112 cm³/mol. The smallest absolute Gasteiger partial charge is 0.248 e. The van der Waals surface area contributed by atoms with Crippen LogP contribution in [-0.2, 0) is 11.2 Å². The molecule has 1 aromatic carbocycles. The number of hydrogen-bond acceptors (Lipinski definition) is 8. The molecule has 0 atom stereocenters. The highest BCUT2D eigenvalue weighted by molar-refractivity contribution is 8.01. The van der Waals surface area contributed by atoms with Crippen LogP contribution >= 0.6 is 34.4 Å². The van der Waals surface area contributed by atoms with E-state index in [0.29, 0.717) is 26.4 Å². The lowest BCUT2D eigenvalue weighted by molar-refractivity contribution is -0.115. The molecule has 11 heteroatoms. The zero-order chi connectivity index (χ0) is 20.2. The number of thioether (sulfide) groups is 1. The molecule has 0 saturated heterocycles. The van der Waals surface area contributed by atoms with Crippen molar-refractivity contribution in [2.24, 2.45) is 0 Å². The minimum Gasteiger partial charge on any atom is -0.326 e. The van der Waals surface area contributed by atoms with Crippen molar-refractivity contribution < 1.29 is 13.6 Å². The van der Waals surface area contributed by atoms with Crippen LogP contribution in [0.2, 0.25) is 0 Å². The Bertz CT molecular complexity index is 1130. The first-order chi connectivity index (χ1) is 14.1. The Morgan fingerprint density at radius 3 is 2.93 bits per heavy atom. The second-order valence-corrected chi connectivity index (χ2v) is 8.98. The van der Waals surface area contributed by atoms with Crippen LogP contribution in [0.5, 0.6) is 0 Å². The zero-order valence-electron chi connectivity index (χ0n) is 14.7. The van der Waals surface area contributed by atoms with E-state index in [4.69, 9.17) is 0 Å². The molecule has 0 radical (unpaired) electrons. The second-order valence-electron chi connectivity index (χ2n) is 5.82. The van der Waals surface area contributed by atoms with Crippen molar-refractivity contribution >= 4 is 56.2 Å². The van der Waals surface area contributed by atoms with Crippen molar-refractivity contribution in [2.45, 2.75) is 17.2 Å². The standard InChI is InChI=1S/C18H13F2N5OS3/c19-15(20)9-28-18-25-12-2-1-10(5-14(12)29-18)23-16(26)6-11-8-27-17(24-11)13-7-21-3-4-22-13/h1-5,7-8,15H,6,9H2,(H,23,26). The van der Waals surface area contributed by atoms with Gasteiger partial charge >= 0.3 is 0 Å². The third-order valence-corrected chi connectivity index (χ3v) is 6.75. The Balaban J connectivity index is 1.40. The highest BCUT2D eigenvalue weighted by atomic mass is 32.2. The van der Waals surface area contributed by atoms with Gasteiger partial charge in [-0.15, -0.1) is 22.7 Å². The number of anilines is 1. The Kier molecular flexibility index (Phi) is 6.07. The number of carbonyl (C=O) groups excluding carboxylic acids is 1. The van der Waals surface area contributed by atoms with Crippen molar-refractivity contribution in [3.63, 3.8) is 0 Å². The molecule has 3 heterocycles. The van der Waals surface area contributed by atoms with Crippen LogP contribution in [-0.4, -0.2) is 38.0 Å². The summed E-state index contributed by atoms with van der Waals surface area (Å²) in [7, 11) is 0. The maximum absolute atomic E-state index is 12.4. The van der Waals surface area contributed by atoms with E-state index in [1.54, 1.807) is 36.8 Å². The third-order valence-electron chi connectivity index (χ3n) is 3.66. The Labute approximate surface area is 176 Å². The number of thiazole rings is 2. The summed E-state index contributed by atoms with van der Waals surface area (Å²) < 4.78 is 26.1. The summed E-state index contributed by atoms with van der Waals surface area (Å²) in [5.74, 6) is -0.481. The van der Waals surface area contributed by atoms with Gasteiger partial charge < -0.3 is 5.32 Å². The van der Waals surface area contributed by atoms with Crippen LogP contribution in [0.4, 0.5) is 14.5 Å². The molecule has 1 amide bonds. The average molecular weight is 450 g/mol. The number of rotatable bonds is 7. The lowest BCUT2D eigenvalue weighted by Gasteiger charge is -2.03. The number of amides is 1. The molecular weight excluding hydrogens is 436 g/mol. The van der Waals surface area contributed by atoms with E-state index in [1.807, 2.05) is 5.38 Å². The van der Waals surface area contributed by atoms with Gasteiger partial charge in [-0.1, -0.05) is 11.8 Å². The average Bonchev–Trinajstić information content (AvgIpc) is 3.33. The topological polar surface area (TPSA) is 80.7 Å². The van der Waals surface area contributed by atoms with Gasteiger partial charge in [-0.25, -0.2) is 18.7 Å². The number of nitrogens with zero attached hydrogens (tertiary/aromatic N) is 4. The quantitative estimate of drug-likeness (QED) is 0.410. The van der Waals surface area contributed by atoms with Crippen molar-refractivity contribution in [1.82, 2.24) is 19.9 Å². The van der Waals surface area contributed by atoms with Crippen molar-refractivity contribution in [1.29, 1.82) is 0 Å². The number of alkyl halides is 2. The minimum absolute atomic E-state index is 0.132. The Hall–Kier alpha value is -2.50. The summed E-state index contributed by atoms with van der Waals surface area (Å²) in [6.07, 6.45) is 2.57. The summed E-state index contributed by atoms with van der Waals surface area (Å²) in [5, 5.41) is 5.37. The van der Waals surface area contributed by atoms with Gasteiger partial charge in [0.1, 0.15) is 10.7 Å². The third kappa shape index (κ3) is 5.11. The van der Waals surface area contributed by atoms with Gasteiger partial charge in [0.2, 0.25) is 12.3 Å². The van der Waals surface area contributed by atoms with Gasteiger partial charge in [-0.3, -0.25) is 14.8 Å². The highest BCUT2D eigenvalue weighted by Gasteiger charge is 2.12. The summed E-state index contributed by atoms with van der Waals surface area (Å²) >= 11 is 3.76. The fraction of sp³-hybridized carbons (Fsp3) is 0.167. The highest BCUT2D eigenvalue weighted by Crippen LogP contribution is 2.32. The molecule has 4 rings (SSSR count). The van der Waals surface area contributed by atoms with Crippen molar-refractivity contribution in [3.05, 3.63) is 47.9 Å². The van der Waals surface area contributed by atoms with Gasteiger partial charge in [0, 0.05) is 23.5 Å². The number of halogens is 2. The number of aromatic nitrogens is 4. The fourth-order valence-corrected chi connectivity index (χ4v) is 5.12. The molecule has 0 bridgehead atoms. The number of hydrogen-bond donors (Lipinski definition) is 1. The van der Waals surface area contributed by atoms with Gasteiger partial charge in [-0.05, 0) is 18.2 Å². The van der Waals surface area contributed by atoms with Crippen molar-refractivity contribution in [2.75, 3.05) is 11.1 Å². The summed E-state index contributed by atoms with van der Waals surface area (Å²) in [5.41, 5.74) is 2.66. The molecular formula is C18H13F2N5OS3. The molecule has 6 nitrogen and oxygen atoms in total. The second kappa shape index (κ2) is 8.89. The van der Waals surface area contributed by atoms with Gasteiger partial charge in [0.25, 0.3) is 0 Å². The summed E-state index contributed by atoms with van der Waals surface area (Å²) in [6.45, 7) is 0. The van der Waals surface area contributed by atoms with E-state index in [9.17, 15) is 13.6 Å². The van der Waals surface area contributed by atoms with E-state index in [0.717, 1.165) is 22.0 Å². The maximum atomic E-state index is 12.4. The van der Waals surface area contributed by atoms with E-state index < -0.39 is 6.43 Å². The monoisotopic (exact) mass is 449 g/mol. The molecule has 0 unspecified atom stereocenters. The largest absolute Gasteiger partial charge is 0.326 e. The molecule has 0 aliphatic heterocycles. The molecule has 0 aliphatic carbocycles. The number of nitrogens with one attached hydrogen (secondary N) is 1. The fourth-order valence-electron chi connectivity index (χ4n) is 2.46. The number of carbonyl (C=O) groups is 1. The molecule has 1 N–H and O–H groups in total. The molecule has 3 aromatic heterocycles. The lowest BCUT2D eigenvalue weighted by Crippen LogP contribution is -2.14. The lowest BCUT2D eigenvalue weighted by atomic mass is 10.2. The molecule has 0 aliphatic rings. The van der Waals surface area contributed by atoms with Crippen LogP contribution in [0.15, 0.2) is 46.5 Å².